The van der Waals surface area contributed by atoms with Crippen molar-refractivity contribution < 1.29 is 0 Å². The topological polar surface area (TPSA) is 19.7 Å². The lowest BCUT2D eigenvalue weighted by molar-refractivity contribution is 1.18. The van der Waals surface area contributed by atoms with Gasteiger partial charge in [0.25, 0.3) is 0 Å². The molecule has 4 nitrogen and oxygen atoms in total. The largest absolute Gasteiger partial charge is 0.309 e. The van der Waals surface area contributed by atoms with Crippen molar-refractivity contribution in [2.45, 2.75) is 0 Å². The Morgan fingerprint density at radius 2 is 0.266 bits per heavy atom. The Morgan fingerprint density at radius 1 is 0.0887 bits per heavy atom. The number of fused-ring (bicyclic) bond motifs is 12. The normalized spacial score (nSPS) is 11.5. The molecule has 0 spiro atoms. The van der Waals surface area contributed by atoms with Gasteiger partial charge in [-0.3, -0.25) is 0 Å². The molecule has 0 bridgehead atoms. The molecule has 24 aromatic rings. The zero-order chi connectivity index (χ0) is 82.0. The molecule has 24 rings (SSSR count). The second kappa shape index (κ2) is 31.1. The fraction of sp³-hybridized carbons (Fsp3) is 0. The van der Waals surface area contributed by atoms with Crippen LogP contribution < -0.4 is 0 Å². The Hall–Kier alpha value is -16.4. The van der Waals surface area contributed by atoms with Crippen LogP contribution in [0.1, 0.15) is 0 Å². The minimum absolute atomic E-state index is 1.14. The van der Waals surface area contributed by atoms with E-state index in [9.17, 15) is 0 Å². The van der Waals surface area contributed by atoms with Crippen LogP contribution in [0.2, 0.25) is 0 Å². The Kier molecular flexibility index (Phi) is 18.2. The summed E-state index contributed by atoms with van der Waals surface area (Å²) in [5.41, 5.74) is 38.4. The number of nitrogens with zero attached hydrogens (tertiary/aromatic N) is 4. The molecule has 0 fully saturated rings. The summed E-state index contributed by atoms with van der Waals surface area (Å²) in [7, 11) is 0. The SMILES string of the molecule is c1ccc(-c2ccc(-n3c4ccccc4c4cc(-c5ccc6c(c5)c5ccccc5n6-c5ccc(-c6cccc(-c7ccccc7)c6)cc5)ccc43)cc2)cc1.c1ccc(-c2cccc(-c3cccc(-n4c5ccccc5c5cc(-c6ccc7c(c6)c6ccccc6n7-c6ccc(-c7cc(-c8ccccc8)cc(-c8ccccc8)c7)cc6)ccc54)c3)c2)cc1. The Labute approximate surface area is 719 Å². The summed E-state index contributed by atoms with van der Waals surface area (Å²) in [4.78, 5) is 0. The molecule has 0 radical (unpaired) electrons. The fourth-order valence-electron chi connectivity index (χ4n) is 19.0. The van der Waals surface area contributed by atoms with Crippen LogP contribution in [0.25, 0.3) is 221 Å². The number of hydrogen-bond donors (Lipinski definition) is 0. The molecular formula is C120H80N4. The van der Waals surface area contributed by atoms with Gasteiger partial charge in [0.05, 0.1) is 44.1 Å². The summed E-state index contributed by atoms with van der Waals surface area (Å²) >= 11 is 0. The van der Waals surface area contributed by atoms with E-state index in [0.717, 1.165) is 22.7 Å². The highest BCUT2D eigenvalue weighted by atomic mass is 15.0. The maximum Gasteiger partial charge on any atom is 0.0541 e. The van der Waals surface area contributed by atoms with E-state index in [2.05, 4.69) is 504 Å². The second-order valence-electron chi connectivity index (χ2n) is 32.3. The fourth-order valence-corrected chi connectivity index (χ4v) is 19.0. The van der Waals surface area contributed by atoms with Crippen molar-refractivity contribution in [2.24, 2.45) is 0 Å². The van der Waals surface area contributed by atoms with Gasteiger partial charge in [0.2, 0.25) is 0 Å². The van der Waals surface area contributed by atoms with Gasteiger partial charge in [0.15, 0.2) is 0 Å². The number of aromatic nitrogens is 4. The van der Waals surface area contributed by atoms with Crippen molar-refractivity contribution in [1.29, 1.82) is 0 Å². The molecule has 124 heavy (non-hydrogen) atoms. The molecule has 0 saturated heterocycles. The van der Waals surface area contributed by atoms with E-state index >= 15 is 0 Å². The highest BCUT2D eigenvalue weighted by Gasteiger charge is 2.21. The lowest BCUT2D eigenvalue weighted by Gasteiger charge is -2.13. The van der Waals surface area contributed by atoms with Gasteiger partial charge in [-0.25, -0.2) is 0 Å². The molecular weight excluding hydrogens is 1500 g/mol. The predicted octanol–water partition coefficient (Wildman–Crippen LogP) is 32.4. The molecule has 0 aliphatic carbocycles. The van der Waals surface area contributed by atoms with E-state index in [1.165, 1.54) is 198 Å². The van der Waals surface area contributed by atoms with Gasteiger partial charge >= 0.3 is 0 Å². The van der Waals surface area contributed by atoms with Crippen molar-refractivity contribution in [2.75, 3.05) is 0 Å². The average molecular weight is 1580 g/mol. The van der Waals surface area contributed by atoms with Gasteiger partial charge in [-0.2, -0.15) is 0 Å². The molecule has 580 valence electrons. The van der Waals surface area contributed by atoms with E-state index < -0.39 is 0 Å². The number of hydrogen-bond acceptors (Lipinski definition) is 0. The van der Waals surface area contributed by atoms with E-state index in [1.54, 1.807) is 0 Å². The number of rotatable bonds is 14. The molecule has 0 aliphatic heterocycles. The molecule has 4 heterocycles. The molecule has 0 N–H and O–H groups in total. The van der Waals surface area contributed by atoms with Crippen molar-refractivity contribution in [3.05, 3.63) is 485 Å². The van der Waals surface area contributed by atoms with E-state index in [0.29, 0.717) is 0 Å². The Bertz CT molecular complexity index is 8100. The molecule has 20 aromatic carbocycles. The first kappa shape index (κ1) is 72.8. The van der Waals surface area contributed by atoms with Gasteiger partial charge in [-0.1, -0.05) is 334 Å². The lowest BCUT2D eigenvalue weighted by Crippen LogP contribution is -1.94. The molecule has 0 aliphatic rings. The summed E-state index contributed by atoms with van der Waals surface area (Å²) in [6, 6.07) is 177. The molecule has 0 amide bonds. The number of benzene rings is 20. The maximum absolute atomic E-state index is 2.42. The first-order valence-corrected chi connectivity index (χ1v) is 42.7. The van der Waals surface area contributed by atoms with Gasteiger partial charge < -0.3 is 18.3 Å². The summed E-state index contributed by atoms with van der Waals surface area (Å²) in [5.74, 6) is 0. The van der Waals surface area contributed by atoms with Crippen molar-refractivity contribution >= 4 is 87.2 Å². The van der Waals surface area contributed by atoms with Gasteiger partial charge in [-0.05, 0) is 263 Å². The first-order chi connectivity index (χ1) is 61.5. The summed E-state index contributed by atoms with van der Waals surface area (Å²) in [6.45, 7) is 0. The molecule has 0 atom stereocenters. The van der Waals surface area contributed by atoms with Crippen LogP contribution in [0.15, 0.2) is 485 Å². The van der Waals surface area contributed by atoms with Gasteiger partial charge in [-0.15, -0.1) is 0 Å². The number of para-hydroxylation sites is 4. The highest BCUT2D eigenvalue weighted by molar-refractivity contribution is 6.15. The van der Waals surface area contributed by atoms with Gasteiger partial charge in [0, 0.05) is 65.8 Å². The third kappa shape index (κ3) is 13.2. The lowest BCUT2D eigenvalue weighted by atomic mass is 9.93. The zero-order valence-corrected chi connectivity index (χ0v) is 68.0. The summed E-state index contributed by atoms with van der Waals surface area (Å²) < 4.78 is 9.63. The predicted molar refractivity (Wildman–Crippen MR) is 525 cm³/mol. The molecule has 0 saturated carbocycles. The molecule has 0 unspecified atom stereocenters. The Balaban J connectivity index is 0.000000146. The van der Waals surface area contributed by atoms with Crippen LogP contribution in [-0.4, -0.2) is 18.3 Å². The maximum atomic E-state index is 2.42. The monoisotopic (exact) mass is 1580 g/mol. The zero-order valence-electron chi connectivity index (χ0n) is 68.0. The van der Waals surface area contributed by atoms with Crippen molar-refractivity contribution in [3.8, 4) is 134 Å². The molecule has 4 heteroatoms. The third-order valence-corrected chi connectivity index (χ3v) is 25.0. The standard InChI is InChI=1S/C66H44N2.C54H36N2/c1-4-16-45(17-5-1)49-22-14-23-50(38-49)51-24-15-25-58(42-51)68-64-29-13-11-27-60(64)62-44-53(33-37-66(62)68)52-32-36-65-61(43-52)59-26-10-12-28-63(59)67(65)57-34-30-48(31-35-57)56-40-54(46-18-6-2-7-19-46)39-55(41-56)47-20-8-3-9-21-47;1-3-12-37(13-4-1)39-22-28-45(29-23-39)55-51-20-9-7-18-47(51)49-35-43(26-32-53(49)55)44-27-33-54-50(36-44)48-19-8-10-21-52(48)56(54)46-30-24-40(25-31-46)42-17-11-16-41(34-42)38-14-5-2-6-15-38/h1-44H;1-36H. The highest BCUT2D eigenvalue weighted by Crippen LogP contribution is 2.44. The van der Waals surface area contributed by atoms with Crippen LogP contribution in [-0.2, 0) is 0 Å². The second-order valence-corrected chi connectivity index (χ2v) is 32.3. The van der Waals surface area contributed by atoms with Crippen LogP contribution in [0.4, 0.5) is 0 Å². The summed E-state index contributed by atoms with van der Waals surface area (Å²) in [5, 5.41) is 9.96. The van der Waals surface area contributed by atoms with Crippen LogP contribution in [0.3, 0.4) is 0 Å². The van der Waals surface area contributed by atoms with Crippen LogP contribution in [0.5, 0.6) is 0 Å². The smallest absolute Gasteiger partial charge is 0.0541 e. The van der Waals surface area contributed by atoms with E-state index in [4.69, 9.17) is 0 Å². The van der Waals surface area contributed by atoms with Crippen LogP contribution in [0, 0.1) is 0 Å². The summed E-state index contributed by atoms with van der Waals surface area (Å²) in [6.07, 6.45) is 0. The third-order valence-electron chi connectivity index (χ3n) is 25.0. The van der Waals surface area contributed by atoms with E-state index in [-0.39, 0.29) is 0 Å². The Morgan fingerprint density at radius 3 is 0.573 bits per heavy atom. The quantitative estimate of drug-likeness (QED) is 0.103. The van der Waals surface area contributed by atoms with Gasteiger partial charge in [0.1, 0.15) is 0 Å². The average Bonchev–Trinajstić information content (AvgIpc) is 1.59. The minimum Gasteiger partial charge on any atom is -0.309 e. The van der Waals surface area contributed by atoms with E-state index in [1.807, 2.05) is 0 Å². The van der Waals surface area contributed by atoms with Crippen LogP contribution >= 0.6 is 0 Å². The van der Waals surface area contributed by atoms with Crippen molar-refractivity contribution in [1.82, 2.24) is 18.3 Å². The van der Waals surface area contributed by atoms with Crippen molar-refractivity contribution in [3.63, 3.8) is 0 Å². The molecule has 4 aromatic heterocycles. The first-order valence-electron chi connectivity index (χ1n) is 42.7. The minimum atomic E-state index is 1.14.